The number of benzene rings is 1. The van der Waals surface area contributed by atoms with E-state index in [0.717, 1.165) is 12.5 Å². The van der Waals surface area contributed by atoms with E-state index in [2.05, 4.69) is 15.6 Å². The minimum atomic E-state index is -0.628. The molecule has 162 valence electrons. The van der Waals surface area contributed by atoms with Gasteiger partial charge in [0.2, 0.25) is 17.7 Å². The van der Waals surface area contributed by atoms with Gasteiger partial charge in [0.1, 0.15) is 12.4 Å². The number of hydrogen-bond donors (Lipinski definition) is 2. The van der Waals surface area contributed by atoms with E-state index in [1.165, 1.54) is 28.4 Å². The Balaban J connectivity index is 2.03. The normalized spacial score (nSPS) is 10.7. The lowest BCUT2D eigenvalue weighted by molar-refractivity contribution is -0.125. The van der Waals surface area contributed by atoms with Gasteiger partial charge in [0.05, 0.1) is 5.02 Å². The second kappa shape index (κ2) is 11.6. The molecular formula is C20H24ClFN4O3S. The molecule has 0 atom stereocenters. The Labute approximate surface area is 183 Å². The molecule has 30 heavy (non-hydrogen) atoms. The van der Waals surface area contributed by atoms with E-state index in [1.807, 2.05) is 13.8 Å². The van der Waals surface area contributed by atoms with Crippen LogP contribution in [0.5, 0.6) is 0 Å². The molecule has 0 spiro atoms. The molecule has 0 aliphatic carbocycles. The number of aromatic nitrogens is 1. The largest absolute Gasteiger partial charge is 0.355 e. The Kier molecular flexibility index (Phi) is 9.19. The Bertz CT molecular complexity index is 877. The van der Waals surface area contributed by atoms with Crippen molar-refractivity contribution < 1.29 is 18.8 Å². The fraction of sp³-hybridized carbons (Fsp3) is 0.400. The molecule has 0 fully saturated rings. The molecule has 0 unspecified atom stereocenters. The summed E-state index contributed by atoms with van der Waals surface area (Å²) in [6, 6.07) is 3.78. The average molecular weight is 455 g/mol. The first-order valence-electron chi connectivity index (χ1n) is 9.47. The number of rotatable bonds is 10. The molecule has 0 bridgehead atoms. The number of nitrogens with one attached hydrogen (secondary N) is 2. The van der Waals surface area contributed by atoms with Crippen LogP contribution in [-0.4, -0.2) is 35.8 Å². The van der Waals surface area contributed by atoms with E-state index >= 15 is 0 Å². The van der Waals surface area contributed by atoms with Crippen LogP contribution in [0.25, 0.3) is 0 Å². The molecule has 1 heterocycles. The third-order valence-electron chi connectivity index (χ3n) is 4.11. The van der Waals surface area contributed by atoms with Crippen LogP contribution in [0.3, 0.4) is 0 Å². The van der Waals surface area contributed by atoms with E-state index in [0.29, 0.717) is 17.6 Å². The Hall–Kier alpha value is -2.52. The maximum Gasteiger partial charge on any atom is 0.240 e. The summed E-state index contributed by atoms with van der Waals surface area (Å²) in [4.78, 5) is 42.3. The maximum absolute atomic E-state index is 13.5. The molecule has 1 aromatic carbocycles. The molecule has 2 aromatic rings. The second-order valence-corrected chi connectivity index (χ2v) is 8.30. The monoisotopic (exact) mass is 454 g/mol. The van der Waals surface area contributed by atoms with Crippen molar-refractivity contribution >= 4 is 51.5 Å². The summed E-state index contributed by atoms with van der Waals surface area (Å²) in [5.74, 6) is -1.37. The van der Waals surface area contributed by atoms with Crippen LogP contribution in [0.4, 0.5) is 15.2 Å². The predicted molar refractivity (Wildman–Crippen MR) is 116 cm³/mol. The van der Waals surface area contributed by atoms with Gasteiger partial charge in [-0.15, -0.1) is 11.3 Å². The van der Waals surface area contributed by atoms with Crippen molar-refractivity contribution in [2.24, 2.45) is 5.92 Å². The van der Waals surface area contributed by atoms with Gasteiger partial charge in [0, 0.05) is 36.7 Å². The van der Waals surface area contributed by atoms with Crippen molar-refractivity contribution in [3.8, 4) is 0 Å². The number of carbonyl (C=O) groups excluding carboxylic acids is 3. The first kappa shape index (κ1) is 23.8. The lowest BCUT2D eigenvalue weighted by Crippen LogP contribution is -2.41. The van der Waals surface area contributed by atoms with Crippen LogP contribution in [-0.2, 0) is 14.4 Å². The molecular weight excluding hydrogens is 431 g/mol. The zero-order valence-electron chi connectivity index (χ0n) is 16.8. The van der Waals surface area contributed by atoms with Crippen LogP contribution in [0.2, 0.25) is 5.02 Å². The number of halogens is 2. The zero-order chi connectivity index (χ0) is 22.1. The Morgan fingerprint density at radius 2 is 2.00 bits per heavy atom. The van der Waals surface area contributed by atoms with Gasteiger partial charge in [-0.3, -0.25) is 14.4 Å². The predicted octanol–water partition coefficient (Wildman–Crippen LogP) is 3.85. The minimum Gasteiger partial charge on any atom is -0.355 e. The molecule has 2 N–H and O–H groups in total. The molecule has 10 heteroatoms. The summed E-state index contributed by atoms with van der Waals surface area (Å²) >= 11 is 7.11. The van der Waals surface area contributed by atoms with Crippen molar-refractivity contribution in [2.45, 2.75) is 33.1 Å². The molecule has 0 aliphatic heterocycles. The van der Waals surface area contributed by atoms with Crippen LogP contribution < -0.4 is 15.5 Å². The van der Waals surface area contributed by atoms with Crippen LogP contribution >= 0.6 is 22.9 Å². The van der Waals surface area contributed by atoms with Gasteiger partial charge in [-0.25, -0.2) is 9.37 Å². The highest BCUT2D eigenvalue weighted by Crippen LogP contribution is 2.23. The van der Waals surface area contributed by atoms with Crippen LogP contribution in [0, 0.1) is 11.7 Å². The number of nitrogens with zero attached hydrogens (tertiary/aromatic N) is 2. The van der Waals surface area contributed by atoms with Gasteiger partial charge in [0.15, 0.2) is 5.13 Å². The van der Waals surface area contributed by atoms with Gasteiger partial charge in [0.25, 0.3) is 0 Å². The quantitative estimate of drug-likeness (QED) is 0.570. The maximum atomic E-state index is 13.5. The third-order valence-corrected chi connectivity index (χ3v) is 5.08. The topological polar surface area (TPSA) is 91.4 Å². The van der Waals surface area contributed by atoms with Gasteiger partial charge >= 0.3 is 0 Å². The molecule has 3 amide bonds. The lowest BCUT2D eigenvalue weighted by Gasteiger charge is -2.23. The molecule has 7 nitrogen and oxygen atoms in total. The lowest BCUT2D eigenvalue weighted by atomic mass is 10.1. The Morgan fingerprint density at radius 1 is 1.23 bits per heavy atom. The standard InChI is InChI=1S/C20H24ClFN4O3S/c1-13(2)7-8-23-18(28)12-26(14-3-4-16(22)15(21)11-14)19(29)6-5-17(27)25-20-24-9-10-30-20/h3-4,9-11,13H,5-8,12H2,1-2H3,(H,23,28)(H,24,25,27). The van der Waals surface area contributed by atoms with E-state index in [1.54, 1.807) is 11.6 Å². The number of thiazole rings is 1. The highest BCUT2D eigenvalue weighted by molar-refractivity contribution is 7.13. The van der Waals surface area contributed by atoms with Gasteiger partial charge in [-0.2, -0.15) is 0 Å². The van der Waals surface area contributed by atoms with Crippen molar-refractivity contribution in [3.63, 3.8) is 0 Å². The van der Waals surface area contributed by atoms with Crippen LogP contribution in [0.1, 0.15) is 33.1 Å². The molecule has 0 radical (unpaired) electrons. The summed E-state index contributed by atoms with van der Waals surface area (Å²) < 4.78 is 13.5. The Morgan fingerprint density at radius 3 is 2.63 bits per heavy atom. The number of amides is 3. The van der Waals surface area contributed by atoms with Gasteiger partial charge in [-0.05, 0) is 30.5 Å². The SMILES string of the molecule is CC(C)CCNC(=O)CN(C(=O)CCC(=O)Nc1nccs1)c1ccc(F)c(Cl)c1. The van der Waals surface area contributed by atoms with Gasteiger partial charge < -0.3 is 15.5 Å². The molecule has 0 aliphatic rings. The first-order chi connectivity index (χ1) is 14.3. The van der Waals surface area contributed by atoms with Crippen LogP contribution in [0.15, 0.2) is 29.8 Å². The van der Waals surface area contributed by atoms with Crippen molar-refractivity contribution in [1.82, 2.24) is 10.3 Å². The van der Waals surface area contributed by atoms with Crippen molar-refractivity contribution in [1.29, 1.82) is 0 Å². The third kappa shape index (κ3) is 7.72. The number of carbonyl (C=O) groups is 3. The van der Waals surface area contributed by atoms with E-state index in [4.69, 9.17) is 11.6 Å². The van der Waals surface area contributed by atoms with E-state index in [-0.39, 0.29) is 41.9 Å². The molecule has 0 saturated heterocycles. The first-order valence-corrected chi connectivity index (χ1v) is 10.7. The summed E-state index contributed by atoms with van der Waals surface area (Å²) in [6.45, 7) is 4.31. The summed E-state index contributed by atoms with van der Waals surface area (Å²) in [5.41, 5.74) is 0.283. The van der Waals surface area contributed by atoms with E-state index in [9.17, 15) is 18.8 Å². The summed E-state index contributed by atoms with van der Waals surface area (Å²) in [7, 11) is 0. The fourth-order valence-electron chi connectivity index (χ4n) is 2.50. The fourth-order valence-corrected chi connectivity index (χ4v) is 3.22. The summed E-state index contributed by atoms with van der Waals surface area (Å²) in [6.07, 6.45) is 2.15. The molecule has 1 aromatic heterocycles. The highest BCUT2D eigenvalue weighted by atomic mass is 35.5. The van der Waals surface area contributed by atoms with Crippen molar-refractivity contribution in [2.75, 3.05) is 23.3 Å². The second-order valence-electron chi connectivity index (χ2n) is 7.00. The molecule has 0 saturated carbocycles. The van der Waals surface area contributed by atoms with E-state index < -0.39 is 11.7 Å². The molecule has 2 rings (SSSR count). The number of anilines is 2. The average Bonchev–Trinajstić information content (AvgIpc) is 3.19. The van der Waals surface area contributed by atoms with Crippen molar-refractivity contribution in [3.05, 3.63) is 40.6 Å². The number of hydrogen-bond acceptors (Lipinski definition) is 5. The smallest absolute Gasteiger partial charge is 0.240 e. The zero-order valence-corrected chi connectivity index (χ0v) is 18.4. The highest BCUT2D eigenvalue weighted by Gasteiger charge is 2.21. The van der Waals surface area contributed by atoms with Gasteiger partial charge in [-0.1, -0.05) is 25.4 Å². The summed E-state index contributed by atoms with van der Waals surface area (Å²) in [5, 5.41) is 7.37. The minimum absolute atomic E-state index is 0.0845.